The molecular weight excluding hydrogens is 350 g/mol. The number of nitrogens with zero attached hydrogens (tertiary/aromatic N) is 2. The maximum atomic E-state index is 12.3. The Balaban J connectivity index is 1.28. The summed E-state index contributed by atoms with van der Waals surface area (Å²) in [6.45, 7) is 0.560. The molecule has 1 aromatic carbocycles. The van der Waals surface area contributed by atoms with Crippen LogP contribution in [0.3, 0.4) is 0 Å². The van der Waals surface area contributed by atoms with Gasteiger partial charge in [-0.1, -0.05) is 43.9 Å². The minimum atomic E-state index is -0.187. The second-order valence-corrected chi connectivity index (χ2v) is 7.49. The van der Waals surface area contributed by atoms with Gasteiger partial charge < -0.3 is 15.6 Å². The third kappa shape index (κ3) is 4.50. The Labute approximate surface area is 165 Å². The zero-order valence-corrected chi connectivity index (χ0v) is 16.1. The first-order chi connectivity index (χ1) is 13.8. The van der Waals surface area contributed by atoms with Gasteiger partial charge in [0.25, 0.3) is 5.91 Å². The first kappa shape index (κ1) is 18.5. The lowest BCUT2D eigenvalue weighted by Crippen LogP contribution is -2.27. The van der Waals surface area contributed by atoms with Crippen LogP contribution in [0, 0.1) is 0 Å². The van der Waals surface area contributed by atoms with Crippen molar-refractivity contribution < 1.29 is 4.79 Å². The van der Waals surface area contributed by atoms with Crippen LogP contribution in [0.5, 0.6) is 0 Å². The van der Waals surface area contributed by atoms with Crippen LogP contribution in [0.4, 0.5) is 5.82 Å². The highest BCUT2D eigenvalue weighted by Crippen LogP contribution is 2.20. The maximum Gasteiger partial charge on any atom is 0.271 e. The molecule has 1 fully saturated rings. The van der Waals surface area contributed by atoms with Crippen LogP contribution in [-0.4, -0.2) is 33.4 Å². The predicted molar refractivity (Wildman–Crippen MR) is 111 cm³/mol. The lowest BCUT2D eigenvalue weighted by Gasteiger charge is -2.16. The number of nitrogens with one attached hydrogen (secondary N) is 3. The molecule has 0 spiro atoms. The monoisotopic (exact) mass is 377 g/mol. The van der Waals surface area contributed by atoms with Crippen molar-refractivity contribution in [3.05, 3.63) is 54.1 Å². The van der Waals surface area contributed by atoms with E-state index in [1.54, 1.807) is 12.4 Å². The van der Waals surface area contributed by atoms with Gasteiger partial charge in [0.2, 0.25) is 0 Å². The standard InChI is InChI=1S/C22H27N5O/c28-22(23-12-11-16-13-24-19-10-6-5-9-18(16)19)20-14-26-21(15-25-20)27-17-7-3-1-2-4-8-17/h5-6,9-10,13-15,17,24H,1-4,7-8,11-12H2,(H,23,28)(H,26,27). The topological polar surface area (TPSA) is 82.7 Å². The molecule has 1 saturated carbocycles. The lowest BCUT2D eigenvalue weighted by atomic mass is 10.1. The third-order valence-corrected chi connectivity index (χ3v) is 5.45. The molecule has 0 radical (unpaired) electrons. The Kier molecular flexibility index (Phi) is 5.85. The quantitative estimate of drug-likeness (QED) is 0.566. The van der Waals surface area contributed by atoms with Gasteiger partial charge in [-0.25, -0.2) is 9.97 Å². The molecule has 0 bridgehead atoms. The Morgan fingerprint density at radius 1 is 1.07 bits per heavy atom. The molecule has 146 valence electrons. The van der Waals surface area contributed by atoms with Gasteiger partial charge in [-0.2, -0.15) is 0 Å². The maximum absolute atomic E-state index is 12.3. The number of hydrogen-bond donors (Lipinski definition) is 3. The van der Waals surface area contributed by atoms with E-state index >= 15 is 0 Å². The largest absolute Gasteiger partial charge is 0.366 e. The Morgan fingerprint density at radius 2 is 1.89 bits per heavy atom. The van der Waals surface area contributed by atoms with Crippen molar-refractivity contribution in [2.45, 2.75) is 51.0 Å². The van der Waals surface area contributed by atoms with E-state index in [9.17, 15) is 4.79 Å². The summed E-state index contributed by atoms with van der Waals surface area (Å²) in [5.41, 5.74) is 2.67. The van der Waals surface area contributed by atoms with Crippen LogP contribution in [0.1, 0.15) is 54.6 Å². The number of carbonyl (C=O) groups excluding carboxylic acids is 1. The lowest BCUT2D eigenvalue weighted by molar-refractivity contribution is 0.0949. The van der Waals surface area contributed by atoms with E-state index in [0.29, 0.717) is 18.3 Å². The summed E-state index contributed by atoms with van der Waals surface area (Å²) >= 11 is 0. The number of amides is 1. The Morgan fingerprint density at radius 3 is 2.68 bits per heavy atom. The smallest absolute Gasteiger partial charge is 0.271 e. The SMILES string of the molecule is O=C(NCCc1c[nH]c2ccccc12)c1cnc(NC2CCCCCC2)cn1. The summed E-state index contributed by atoms with van der Waals surface area (Å²) in [6.07, 6.45) is 13.5. The van der Waals surface area contributed by atoms with Crippen LogP contribution in [0.2, 0.25) is 0 Å². The number of hydrogen-bond acceptors (Lipinski definition) is 4. The number of carbonyl (C=O) groups is 1. The van der Waals surface area contributed by atoms with Gasteiger partial charge in [-0.15, -0.1) is 0 Å². The Bertz CT molecular complexity index is 910. The molecule has 6 nitrogen and oxygen atoms in total. The number of rotatable bonds is 6. The van der Waals surface area contributed by atoms with Crippen LogP contribution < -0.4 is 10.6 Å². The zero-order valence-electron chi connectivity index (χ0n) is 16.1. The number of para-hydroxylation sites is 1. The second-order valence-electron chi connectivity index (χ2n) is 7.49. The van der Waals surface area contributed by atoms with Crippen LogP contribution in [0.25, 0.3) is 10.9 Å². The van der Waals surface area contributed by atoms with Gasteiger partial charge in [0, 0.05) is 29.7 Å². The molecule has 2 aromatic heterocycles. The average Bonchev–Trinajstić information content (AvgIpc) is 2.96. The number of aromatic amines is 1. The van der Waals surface area contributed by atoms with Crippen molar-refractivity contribution >= 4 is 22.6 Å². The summed E-state index contributed by atoms with van der Waals surface area (Å²) in [4.78, 5) is 24.3. The molecule has 3 aromatic rings. The van der Waals surface area contributed by atoms with Gasteiger partial charge in [-0.05, 0) is 30.9 Å². The summed E-state index contributed by atoms with van der Waals surface area (Å²) in [5.74, 6) is 0.565. The van der Waals surface area contributed by atoms with E-state index in [-0.39, 0.29) is 5.91 Å². The van der Waals surface area contributed by atoms with E-state index < -0.39 is 0 Å². The Hall–Kier alpha value is -2.89. The van der Waals surface area contributed by atoms with Crippen LogP contribution in [-0.2, 0) is 6.42 Å². The molecule has 3 N–H and O–H groups in total. The molecular formula is C22H27N5O. The van der Waals surface area contributed by atoms with Crippen molar-refractivity contribution in [3.63, 3.8) is 0 Å². The van der Waals surface area contributed by atoms with Gasteiger partial charge in [0.15, 0.2) is 0 Å². The molecule has 0 atom stereocenters. The normalized spacial score (nSPS) is 15.3. The molecule has 1 amide bonds. The number of benzene rings is 1. The number of fused-ring (bicyclic) bond motifs is 1. The molecule has 0 unspecified atom stereocenters. The predicted octanol–water partition coefficient (Wildman–Crippen LogP) is 4.07. The third-order valence-electron chi connectivity index (χ3n) is 5.45. The van der Waals surface area contributed by atoms with Crippen molar-refractivity contribution in [1.29, 1.82) is 0 Å². The van der Waals surface area contributed by atoms with E-state index in [1.807, 2.05) is 18.3 Å². The first-order valence-corrected chi connectivity index (χ1v) is 10.2. The molecule has 6 heteroatoms. The fraction of sp³-hybridized carbons (Fsp3) is 0.409. The molecule has 0 saturated heterocycles. The van der Waals surface area contributed by atoms with E-state index in [4.69, 9.17) is 0 Å². The summed E-state index contributed by atoms with van der Waals surface area (Å²) in [6, 6.07) is 8.65. The van der Waals surface area contributed by atoms with Gasteiger partial charge >= 0.3 is 0 Å². The molecule has 4 rings (SSSR count). The van der Waals surface area contributed by atoms with Gasteiger partial charge in [0.05, 0.1) is 12.4 Å². The van der Waals surface area contributed by atoms with Crippen molar-refractivity contribution in [3.8, 4) is 0 Å². The minimum Gasteiger partial charge on any atom is -0.366 e. The summed E-state index contributed by atoms with van der Waals surface area (Å²) in [5, 5.41) is 7.59. The molecule has 1 aliphatic carbocycles. The highest BCUT2D eigenvalue weighted by molar-refractivity contribution is 5.92. The first-order valence-electron chi connectivity index (χ1n) is 10.2. The number of anilines is 1. The molecule has 28 heavy (non-hydrogen) atoms. The fourth-order valence-electron chi connectivity index (χ4n) is 3.89. The van der Waals surface area contributed by atoms with Gasteiger partial charge in [-0.3, -0.25) is 4.79 Å². The highest BCUT2D eigenvalue weighted by atomic mass is 16.1. The minimum absolute atomic E-state index is 0.187. The van der Waals surface area contributed by atoms with E-state index in [1.165, 1.54) is 49.5 Å². The van der Waals surface area contributed by atoms with Crippen molar-refractivity contribution in [1.82, 2.24) is 20.3 Å². The second kappa shape index (κ2) is 8.87. The summed E-state index contributed by atoms with van der Waals surface area (Å²) in [7, 11) is 0. The van der Waals surface area contributed by atoms with E-state index in [2.05, 4.69) is 37.7 Å². The fourth-order valence-corrected chi connectivity index (χ4v) is 3.89. The zero-order chi connectivity index (χ0) is 19.2. The number of H-pyrrole nitrogens is 1. The molecule has 2 heterocycles. The number of aromatic nitrogens is 3. The molecule has 1 aliphatic rings. The molecule has 0 aliphatic heterocycles. The van der Waals surface area contributed by atoms with Gasteiger partial charge in [0.1, 0.15) is 11.5 Å². The van der Waals surface area contributed by atoms with Crippen LogP contribution >= 0.6 is 0 Å². The highest BCUT2D eigenvalue weighted by Gasteiger charge is 2.13. The van der Waals surface area contributed by atoms with E-state index in [0.717, 1.165) is 17.8 Å². The van der Waals surface area contributed by atoms with Crippen LogP contribution in [0.15, 0.2) is 42.9 Å². The van der Waals surface area contributed by atoms with Crippen molar-refractivity contribution in [2.24, 2.45) is 0 Å². The van der Waals surface area contributed by atoms with Crippen molar-refractivity contribution in [2.75, 3.05) is 11.9 Å². The average molecular weight is 377 g/mol. The summed E-state index contributed by atoms with van der Waals surface area (Å²) < 4.78 is 0.